The number of rotatable bonds is 5. The van der Waals surface area contributed by atoms with Gasteiger partial charge in [0.2, 0.25) is 0 Å². The van der Waals surface area contributed by atoms with Gasteiger partial charge in [-0.2, -0.15) is 5.10 Å². The third-order valence-electron chi connectivity index (χ3n) is 5.16. The Labute approximate surface area is 157 Å². The van der Waals surface area contributed by atoms with Crippen molar-refractivity contribution >= 4 is 5.91 Å². The van der Waals surface area contributed by atoms with Crippen molar-refractivity contribution in [2.75, 3.05) is 13.1 Å². The Morgan fingerprint density at radius 1 is 1.33 bits per heavy atom. The van der Waals surface area contributed by atoms with E-state index in [0.29, 0.717) is 18.7 Å². The maximum Gasteiger partial charge on any atom is 0.257 e. The molecule has 1 saturated heterocycles. The van der Waals surface area contributed by atoms with E-state index < -0.39 is 0 Å². The van der Waals surface area contributed by atoms with Crippen molar-refractivity contribution in [3.63, 3.8) is 0 Å². The van der Waals surface area contributed by atoms with E-state index in [-0.39, 0.29) is 11.8 Å². The normalized spacial score (nSPS) is 17.4. The van der Waals surface area contributed by atoms with E-state index in [1.165, 1.54) is 0 Å². The summed E-state index contributed by atoms with van der Waals surface area (Å²) in [4.78, 5) is 18.8. The van der Waals surface area contributed by atoms with Crippen molar-refractivity contribution in [1.29, 1.82) is 0 Å². The first-order chi connectivity index (χ1) is 13.2. The first kappa shape index (κ1) is 17.4. The number of amides is 1. The highest BCUT2D eigenvalue weighted by atomic mass is 16.2. The summed E-state index contributed by atoms with van der Waals surface area (Å²) in [5, 5.41) is 13.0. The van der Waals surface area contributed by atoms with Crippen molar-refractivity contribution in [3.8, 4) is 0 Å². The number of carbonyl (C=O) groups excluding carboxylic acids is 1. The SMILES string of the molecule is CCn1cc(C(=O)N2CCC[C@H](c3nnc(Cn4ccnc4)n3C)C2)cn1. The van der Waals surface area contributed by atoms with E-state index in [9.17, 15) is 4.79 Å². The van der Waals surface area contributed by atoms with Gasteiger partial charge in [-0.3, -0.25) is 9.48 Å². The molecule has 9 heteroatoms. The topological polar surface area (TPSA) is 86.7 Å². The molecular formula is C18H24N8O. The molecule has 3 aromatic rings. The molecule has 4 heterocycles. The predicted octanol–water partition coefficient (Wildman–Crippen LogP) is 1.30. The molecule has 1 atom stereocenters. The van der Waals surface area contributed by atoms with Crippen molar-refractivity contribution < 1.29 is 4.79 Å². The van der Waals surface area contributed by atoms with Gasteiger partial charge in [0.05, 0.1) is 24.6 Å². The number of aryl methyl sites for hydroxylation is 1. The van der Waals surface area contributed by atoms with Crippen LogP contribution in [0.3, 0.4) is 0 Å². The number of aromatic nitrogens is 7. The Bertz CT molecular complexity index is 910. The van der Waals surface area contributed by atoms with Crippen LogP contribution in [-0.2, 0) is 20.1 Å². The van der Waals surface area contributed by atoms with Crippen LogP contribution in [-0.4, -0.2) is 58.0 Å². The molecule has 9 nitrogen and oxygen atoms in total. The first-order valence-corrected chi connectivity index (χ1v) is 9.31. The van der Waals surface area contributed by atoms with E-state index in [0.717, 1.165) is 37.6 Å². The van der Waals surface area contributed by atoms with Gasteiger partial charge in [0.15, 0.2) is 5.82 Å². The molecule has 0 unspecified atom stereocenters. The van der Waals surface area contributed by atoms with Crippen molar-refractivity contribution in [2.45, 2.75) is 38.8 Å². The fourth-order valence-electron chi connectivity index (χ4n) is 3.61. The zero-order chi connectivity index (χ0) is 18.8. The molecule has 1 aliphatic rings. The highest BCUT2D eigenvalue weighted by Crippen LogP contribution is 2.26. The number of hydrogen-bond acceptors (Lipinski definition) is 5. The quantitative estimate of drug-likeness (QED) is 0.677. The Morgan fingerprint density at radius 3 is 2.96 bits per heavy atom. The molecule has 4 rings (SSSR count). The van der Waals surface area contributed by atoms with Crippen LogP contribution in [0.1, 0.15) is 47.7 Å². The van der Waals surface area contributed by atoms with E-state index in [2.05, 4.69) is 20.3 Å². The smallest absolute Gasteiger partial charge is 0.257 e. The maximum absolute atomic E-state index is 12.8. The summed E-state index contributed by atoms with van der Waals surface area (Å²) in [6, 6.07) is 0. The fourth-order valence-corrected chi connectivity index (χ4v) is 3.61. The Hall–Kier alpha value is -2.97. The second-order valence-electron chi connectivity index (χ2n) is 6.94. The average molecular weight is 368 g/mol. The summed E-state index contributed by atoms with van der Waals surface area (Å²) in [7, 11) is 1.99. The zero-order valence-corrected chi connectivity index (χ0v) is 15.7. The molecule has 27 heavy (non-hydrogen) atoms. The molecule has 1 amide bonds. The molecule has 1 aliphatic heterocycles. The van der Waals surface area contributed by atoms with Crippen molar-refractivity contribution in [3.05, 3.63) is 48.3 Å². The second kappa shape index (κ2) is 7.34. The third-order valence-corrected chi connectivity index (χ3v) is 5.16. The number of hydrogen-bond donors (Lipinski definition) is 0. The van der Waals surface area contributed by atoms with Crippen LogP contribution in [0.25, 0.3) is 0 Å². The molecule has 0 aliphatic carbocycles. The number of likely N-dealkylation sites (tertiary alicyclic amines) is 1. The van der Waals surface area contributed by atoms with Crippen molar-refractivity contribution in [2.24, 2.45) is 7.05 Å². The molecule has 0 spiro atoms. The standard InChI is InChI=1S/C18H24N8O/c1-3-26-11-15(9-20-26)18(27)25-7-4-5-14(10-25)17-22-21-16(23(17)2)12-24-8-6-19-13-24/h6,8-9,11,13-14H,3-5,7,10,12H2,1-2H3/t14-/m0/s1. The molecule has 0 radical (unpaired) electrons. The summed E-state index contributed by atoms with van der Waals surface area (Å²) >= 11 is 0. The lowest BCUT2D eigenvalue weighted by Gasteiger charge is -2.32. The Kier molecular flexibility index (Phi) is 4.74. The van der Waals surface area contributed by atoms with Gasteiger partial charge in [0.1, 0.15) is 5.82 Å². The van der Waals surface area contributed by atoms with Crippen LogP contribution >= 0.6 is 0 Å². The number of carbonyl (C=O) groups is 1. The van der Waals surface area contributed by atoms with Gasteiger partial charge >= 0.3 is 0 Å². The zero-order valence-electron chi connectivity index (χ0n) is 15.7. The van der Waals surface area contributed by atoms with Gasteiger partial charge in [-0.05, 0) is 19.8 Å². The summed E-state index contributed by atoms with van der Waals surface area (Å²) < 4.78 is 5.79. The van der Waals surface area contributed by atoms with E-state index >= 15 is 0 Å². The predicted molar refractivity (Wildman–Crippen MR) is 98.1 cm³/mol. The molecule has 142 valence electrons. The lowest BCUT2D eigenvalue weighted by Crippen LogP contribution is -2.39. The summed E-state index contributed by atoms with van der Waals surface area (Å²) in [6.45, 7) is 4.83. The Balaban J connectivity index is 1.48. The third kappa shape index (κ3) is 3.49. The van der Waals surface area contributed by atoms with Gasteiger partial charge in [0.25, 0.3) is 5.91 Å². The van der Waals surface area contributed by atoms with Gasteiger partial charge in [-0.1, -0.05) is 0 Å². The molecule has 1 fully saturated rings. The minimum atomic E-state index is 0.0419. The number of nitrogens with zero attached hydrogens (tertiary/aromatic N) is 8. The van der Waals surface area contributed by atoms with Crippen LogP contribution in [0.4, 0.5) is 0 Å². The van der Waals surface area contributed by atoms with Gasteiger partial charge in [0, 0.05) is 51.2 Å². The largest absolute Gasteiger partial charge is 0.338 e. The molecular weight excluding hydrogens is 344 g/mol. The van der Waals surface area contributed by atoms with Crippen LogP contribution < -0.4 is 0 Å². The molecule has 0 N–H and O–H groups in total. The minimum absolute atomic E-state index is 0.0419. The van der Waals surface area contributed by atoms with E-state index in [4.69, 9.17) is 0 Å². The lowest BCUT2D eigenvalue weighted by molar-refractivity contribution is 0.0703. The van der Waals surface area contributed by atoms with Gasteiger partial charge < -0.3 is 14.0 Å². The number of piperidine rings is 1. The van der Waals surface area contributed by atoms with E-state index in [1.54, 1.807) is 23.4 Å². The van der Waals surface area contributed by atoms with Crippen LogP contribution in [0.2, 0.25) is 0 Å². The van der Waals surface area contributed by atoms with Gasteiger partial charge in [-0.25, -0.2) is 4.98 Å². The molecule has 3 aromatic heterocycles. The summed E-state index contributed by atoms with van der Waals surface area (Å²) in [6.07, 6.45) is 10.9. The van der Waals surface area contributed by atoms with Crippen LogP contribution in [0.5, 0.6) is 0 Å². The minimum Gasteiger partial charge on any atom is -0.338 e. The summed E-state index contributed by atoms with van der Waals surface area (Å²) in [5.41, 5.74) is 0.649. The van der Waals surface area contributed by atoms with Crippen LogP contribution in [0.15, 0.2) is 31.1 Å². The second-order valence-corrected chi connectivity index (χ2v) is 6.94. The van der Waals surface area contributed by atoms with E-state index in [1.807, 2.05) is 40.4 Å². The number of imidazole rings is 1. The summed E-state index contributed by atoms with van der Waals surface area (Å²) in [5.74, 6) is 2.06. The lowest BCUT2D eigenvalue weighted by atomic mass is 9.96. The van der Waals surface area contributed by atoms with Crippen LogP contribution in [0, 0.1) is 0 Å². The molecule has 0 saturated carbocycles. The highest BCUT2D eigenvalue weighted by Gasteiger charge is 2.29. The maximum atomic E-state index is 12.8. The van der Waals surface area contributed by atoms with Crippen molar-refractivity contribution in [1.82, 2.24) is 39.0 Å². The molecule has 0 aromatic carbocycles. The molecule has 0 bridgehead atoms. The fraction of sp³-hybridized carbons (Fsp3) is 0.500. The Morgan fingerprint density at radius 2 is 2.22 bits per heavy atom. The monoisotopic (exact) mass is 368 g/mol. The first-order valence-electron chi connectivity index (χ1n) is 9.31. The average Bonchev–Trinajstić information content (AvgIpc) is 3.44. The van der Waals surface area contributed by atoms with Gasteiger partial charge in [-0.15, -0.1) is 10.2 Å². The highest BCUT2D eigenvalue weighted by molar-refractivity contribution is 5.93.